The van der Waals surface area contributed by atoms with E-state index in [1.807, 2.05) is 0 Å². The zero-order valence-corrected chi connectivity index (χ0v) is 8.37. The molecule has 2 aromatic rings. The van der Waals surface area contributed by atoms with Crippen molar-refractivity contribution >= 4 is 10.9 Å². The van der Waals surface area contributed by atoms with E-state index in [1.54, 1.807) is 6.07 Å². The Balaban J connectivity index is 3.02. The SMILES string of the molecule is COc1ccc(F)c2[nH]cc(C#N)c(=O)c12. The molecule has 16 heavy (non-hydrogen) atoms. The van der Waals surface area contributed by atoms with Crippen LogP contribution in [0, 0.1) is 17.1 Å². The number of nitrogens with one attached hydrogen (secondary N) is 1. The number of pyridine rings is 1. The van der Waals surface area contributed by atoms with Gasteiger partial charge in [0.2, 0.25) is 5.43 Å². The molecule has 80 valence electrons. The third kappa shape index (κ3) is 1.32. The molecule has 1 aromatic carbocycles. The van der Waals surface area contributed by atoms with Crippen molar-refractivity contribution in [1.29, 1.82) is 5.26 Å². The van der Waals surface area contributed by atoms with Gasteiger partial charge in [-0.1, -0.05) is 0 Å². The van der Waals surface area contributed by atoms with Gasteiger partial charge in [0.05, 0.1) is 18.0 Å². The maximum atomic E-state index is 13.4. The predicted octanol–water partition coefficient (Wildman–Crippen LogP) is 1.55. The fourth-order valence-corrected chi connectivity index (χ4v) is 1.52. The summed E-state index contributed by atoms with van der Waals surface area (Å²) in [5, 5.41) is 8.76. The fourth-order valence-electron chi connectivity index (χ4n) is 1.52. The molecule has 0 aliphatic heterocycles. The van der Waals surface area contributed by atoms with Crippen LogP contribution in [0.3, 0.4) is 0 Å². The van der Waals surface area contributed by atoms with Gasteiger partial charge in [0.15, 0.2) is 0 Å². The lowest BCUT2D eigenvalue weighted by atomic mass is 10.1. The molecule has 0 atom stereocenters. The van der Waals surface area contributed by atoms with E-state index >= 15 is 0 Å². The third-order valence-electron chi connectivity index (χ3n) is 2.29. The molecule has 1 aromatic heterocycles. The van der Waals surface area contributed by atoms with Gasteiger partial charge in [-0.3, -0.25) is 4.79 Å². The lowest BCUT2D eigenvalue weighted by Gasteiger charge is -2.05. The molecule has 0 fully saturated rings. The first-order chi connectivity index (χ1) is 7.69. The molecule has 0 aliphatic rings. The van der Waals surface area contributed by atoms with Gasteiger partial charge < -0.3 is 9.72 Å². The fraction of sp³-hybridized carbons (Fsp3) is 0.0909. The number of benzene rings is 1. The number of nitrogens with zero attached hydrogens (tertiary/aromatic N) is 1. The summed E-state index contributed by atoms with van der Waals surface area (Å²) < 4.78 is 18.4. The smallest absolute Gasteiger partial charge is 0.210 e. The van der Waals surface area contributed by atoms with E-state index in [9.17, 15) is 9.18 Å². The normalized spacial score (nSPS) is 10.1. The number of hydrogen-bond donors (Lipinski definition) is 1. The molecule has 0 saturated carbocycles. The Hall–Kier alpha value is -2.35. The Morgan fingerprint density at radius 2 is 2.25 bits per heavy atom. The topological polar surface area (TPSA) is 65.9 Å². The molecule has 1 heterocycles. The first-order valence-electron chi connectivity index (χ1n) is 4.47. The lowest BCUT2D eigenvalue weighted by Crippen LogP contribution is -2.09. The number of nitriles is 1. The van der Waals surface area contributed by atoms with Gasteiger partial charge in [-0.05, 0) is 12.1 Å². The Bertz CT molecular complexity index is 655. The number of fused-ring (bicyclic) bond motifs is 1. The number of aromatic amines is 1. The van der Waals surface area contributed by atoms with Crippen molar-refractivity contribution in [2.24, 2.45) is 0 Å². The zero-order chi connectivity index (χ0) is 11.7. The van der Waals surface area contributed by atoms with Crippen molar-refractivity contribution in [2.75, 3.05) is 7.11 Å². The monoisotopic (exact) mass is 218 g/mol. The largest absolute Gasteiger partial charge is 0.496 e. The average molecular weight is 218 g/mol. The summed E-state index contributed by atoms with van der Waals surface area (Å²) in [5.74, 6) is -0.313. The standard InChI is InChI=1S/C11H7FN2O2/c1-16-8-3-2-7(12)10-9(8)11(15)6(4-13)5-14-10/h2-3,5H,1H3,(H,14,15). The highest BCUT2D eigenvalue weighted by molar-refractivity contribution is 5.86. The van der Waals surface area contributed by atoms with Crippen molar-refractivity contribution in [3.63, 3.8) is 0 Å². The minimum absolute atomic E-state index is 0.0448. The molecule has 5 heteroatoms. The summed E-state index contributed by atoms with van der Waals surface area (Å²) in [4.78, 5) is 14.4. The van der Waals surface area contributed by atoms with Gasteiger partial charge in [0.25, 0.3) is 0 Å². The van der Waals surface area contributed by atoms with E-state index in [-0.39, 0.29) is 22.2 Å². The number of hydrogen-bond acceptors (Lipinski definition) is 3. The third-order valence-corrected chi connectivity index (χ3v) is 2.29. The molecular weight excluding hydrogens is 211 g/mol. The van der Waals surface area contributed by atoms with Crippen LogP contribution in [0.2, 0.25) is 0 Å². The van der Waals surface area contributed by atoms with Gasteiger partial charge in [0.1, 0.15) is 23.2 Å². The summed E-state index contributed by atoms with van der Waals surface area (Å²) in [5.41, 5.74) is -0.563. The second-order valence-corrected chi connectivity index (χ2v) is 3.14. The summed E-state index contributed by atoms with van der Waals surface area (Å²) in [7, 11) is 1.38. The lowest BCUT2D eigenvalue weighted by molar-refractivity contribution is 0.419. The second kappa shape index (κ2) is 3.66. The quantitative estimate of drug-likeness (QED) is 0.789. The van der Waals surface area contributed by atoms with Crippen LogP contribution in [-0.4, -0.2) is 12.1 Å². The molecule has 0 aliphatic carbocycles. The van der Waals surface area contributed by atoms with Crippen LogP contribution in [0.4, 0.5) is 4.39 Å². The van der Waals surface area contributed by atoms with Crippen LogP contribution in [0.1, 0.15) is 5.56 Å². The van der Waals surface area contributed by atoms with E-state index in [2.05, 4.69) is 4.98 Å². The van der Waals surface area contributed by atoms with Crippen LogP contribution < -0.4 is 10.2 Å². The van der Waals surface area contributed by atoms with Crippen molar-refractivity contribution in [3.8, 4) is 11.8 Å². The maximum Gasteiger partial charge on any atom is 0.210 e. The van der Waals surface area contributed by atoms with Crippen LogP contribution in [-0.2, 0) is 0 Å². The van der Waals surface area contributed by atoms with E-state index in [0.717, 1.165) is 0 Å². The summed E-state index contributed by atoms with van der Waals surface area (Å²) in [6.07, 6.45) is 1.19. The van der Waals surface area contributed by atoms with Crippen molar-refractivity contribution in [3.05, 3.63) is 39.9 Å². The number of H-pyrrole nitrogens is 1. The minimum Gasteiger partial charge on any atom is -0.496 e. The molecule has 0 saturated heterocycles. The molecule has 0 radical (unpaired) electrons. The Morgan fingerprint density at radius 1 is 1.50 bits per heavy atom. The molecule has 0 bridgehead atoms. The average Bonchev–Trinajstić information content (AvgIpc) is 2.31. The molecule has 2 rings (SSSR count). The van der Waals surface area contributed by atoms with Crippen molar-refractivity contribution in [1.82, 2.24) is 4.98 Å². The van der Waals surface area contributed by atoms with E-state index in [4.69, 9.17) is 10.00 Å². The number of halogens is 1. The summed E-state index contributed by atoms with van der Waals surface area (Å²) in [6, 6.07) is 4.29. The summed E-state index contributed by atoms with van der Waals surface area (Å²) in [6.45, 7) is 0. The number of rotatable bonds is 1. The first kappa shape index (κ1) is 10.2. The first-order valence-corrected chi connectivity index (χ1v) is 4.47. The van der Waals surface area contributed by atoms with Crippen LogP contribution in [0.15, 0.2) is 23.1 Å². The van der Waals surface area contributed by atoms with Crippen LogP contribution in [0.5, 0.6) is 5.75 Å². The summed E-state index contributed by atoms with van der Waals surface area (Å²) >= 11 is 0. The van der Waals surface area contributed by atoms with Crippen molar-refractivity contribution in [2.45, 2.75) is 0 Å². The van der Waals surface area contributed by atoms with Crippen LogP contribution in [0.25, 0.3) is 10.9 Å². The molecule has 4 nitrogen and oxygen atoms in total. The van der Waals surface area contributed by atoms with Gasteiger partial charge >= 0.3 is 0 Å². The van der Waals surface area contributed by atoms with Crippen molar-refractivity contribution < 1.29 is 9.13 Å². The zero-order valence-electron chi connectivity index (χ0n) is 8.37. The van der Waals surface area contributed by atoms with Gasteiger partial charge in [-0.25, -0.2) is 4.39 Å². The number of methoxy groups -OCH3 is 1. The highest BCUT2D eigenvalue weighted by Crippen LogP contribution is 2.23. The molecule has 0 unspecified atom stereocenters. The Morgan fingerprint density at radius 3 is 2.88 bits per heavy atom. The van der Waals surface area contributed by atoms with E-state index < -0.39 is 11.2 Å². The molecular formula is C11H7FN2O2. The molecule has 0 spiro atoms. The highest BCUT2D eigenvalue weighted by Gasteiger charge is 2.12. The molecule has 0 amide bonds. The minimum atomic E-state index is -0.558. The van der Waals surface area contributed by atoms with E-state index in [0.29, 0.717) is 0 Å². The van der Waals surface area contributed by atoms with Gasteiger partial charge in [-0.15, -0.1) is 0 Å². The maximum absolute atomic E-state index is 13.4. The Labute approximate surface area is 89.9 Å². The number of aromatic nitrogens is 1. The molecule has 1 N–H and O–H groups in total. The van der Waals surface area contributed by atoms with Gasteiger partial charge in [-0.2, -0.15) is 5.26 Å². The highest BCUT2D eigenvalue weighted by atomic mass is 19.1. The Kier molecular flexibility index (Phi) is 2.33. The van der Waals surface area contributed by atoms with E-state index in [1.165, 1.54) is 25.4 Å². The van der Waals surface area contributed by atoms with Gasteiger partial charge in [0, 0.05) is 6.20 Å². The number of ether oxygens (including phenoxy) is 1. The second-order valence-electron chi connectivity index (χ2n) is 3.14. The van der Waals surface area contributed by atoms with Crippen LogP contribution >= 0.6 is 0 Å². The predicted molar refractivity (Wildman–Crippen MR) is 55.8 cm³/mol.